The minimum absolute atomic E-state index is 0.112. The number of para-hydroxylation sites is 1. The number of fused-ring (bicyclic) bond motifs is 5. The molecular formula is C67H60N3O+. The Kier molecular flexibility index (Phi) is 9.56. The van der Waals surface area contributed by atoms with E-state index in [0.29, 0.717) is 5.92 Å². The zero-order chi connectivity index (χ0) is 48.6. The van der Waals surface area contributed by atoms with E-state index in [2.05, 4.69) is 264 Å². The van der Waals surface area contributed by atoms with Crippen LogP contribution in [0.25, 0.3) is 66.9 Å². The van der Waals surface area contributed by atoms with Crippen molar-refractivity contribution in [1.29, 1.82) is 0 Å². The third kappa shape index (κ3) is 6.60. The summed E-state index contributed by atoms with van der Waals surface area (Å²) in [6, 6.07) is 70.4. The Balaban J connectivity index is 1.13. The Morgan fingerprint density at radius 3 is 1.79 bits per heavy atom. The standard InChI is InChI=1S/C67H60N3O/c1-42(2)35-43-27-32-58(53(36-43)48-23-16-11-17-24-48)69-59-26-18-25-52-54-37-50(45-21-14-10-15-22-45)38-55-60-39-49(47-30-28-46(29-31-47)44-19-12-9-13-20-44)33-34-68(60)67(61(54)55)70(62(52)59)64(69)56-40-51(65(3,4)5)41-57(63(56)71-67)66(6,7)8/h9-34,36-42,64H,35H2,1-8H3/q+1. The molecule has 0 N–H and O–H groups in total. The highest BCUT2D eigenvalue weighted by Crippen LogP contribution is 2.68. The van der Waals surface area contributed by atoms with E-state index in [4.69, 9.17) is 4.74 Å². The van der Waals surface area contributed by atoms with E-state index in [0.717, 1.165) is 23.4 Å². The molecule has 4 aliphatic heterocycles. The van der Waals surface area contributed by atoms with Crippen LogP contribution in [0.3, 0.4) is 0 Å². The van der Waals surface area contributed by atoms with E-state index >= 15 is 0 Å². The summed E-state index contributed by atoms with van der Waals surface area (Å²) < 4.78 is 10.7. The van der Waals surface area contributed by atoms with E-state index in [1.807, 2.05) is 0 Å². The molecule has 0 aliphatic carbocycles. The van der Waals surface area contributed by atoms with Crippen molar-refractivity contribution in [3.05, 3.63) is 222 Å². The number of hydrogen-bond acceptors (Lipinski definition) is 3. The first-order valence-electron chi connectivity index (χ1n) is 25.5. The Morgan fingerprint density at radius 2 is 1.14 bits per heavy atom. The van der Waals surface area contributed by atoms with Gasteiger partial charge in [-0.3, -0.25) is 0 Å². The molecule has 4 heteroatoms. The monoisotopic (exact) mass is 922 g/mol. The summed E-state index contributed by atoms with van der Waals surface area (Å²) in [6.07, 6.45) is 3.06. The molecule has 0 radical (unpaired) electrons. The van der Waals surface area contributed by atoms with Crippen LogP contribution in [0.2, 0.25) is 0 Å². The Bertz CT molecular complexity index is 3580. The molecule has 71 heavy (non-hydrogen) atoms. The van der Waals surface area contributed by atoms with Crippen molar-refractivity contribution < 1.29 is 9.30 Å². The molecule has 4 aliphatic rings. The Hall–Kier alpha value is -7.69. The van der Waals surface area contributed by atoms with Crippen LogP contribution < -0.4 is 19.1 Å². The van der Waals surface area contributed by atoms with Gasteiger partial charge in [0.1, 0.15) is 17.5 Å². The van der Waals surface area contributed by atoms with Crippen molar-refractivity contribution in [3.63, 3.8) is 0 Å². The normalized spacial score (nSPS) is 16.9. The van der Waals surface area contributed by atoms with Crippen LogP contribution >= 0.6 is 0 Å². The highest BCUT2D eigenvalue weighted by Gasteiger charge is 2.70. The molecule has 348 valence electrons. The molecule has 0 saturated heterocycles. The third-order valence-corrected chi connectivity index (χ3v) is 15.4. The SMILES string of the molecule is CC(C)Cc1ccc(N2c3cccc4c3N3C2c2cc(C(C)(C)C)cc(C(C)(C)C)c2OC32c3c-4cc(-c4ccccc4)cc3-c3cc(-c4ccc(-c5ccccc5)cc4)cc[n+]32)c(-c2ccccc2)c1. The first kappa shape index (κ1) is 43.3. The maximum atomic E-state index is 8.24. The molecule has 13 rings (SSSR count). The largest absolute Gasteiger partial charge is 0.432 e. The number of pyridine rings is 1. The topological polar surface area (TPSA) is 19.6 Å². The highest BCUT2D eigenvalue weighted by molar-refractivity contribution is 6.04. The van der Waals surface area contributed by atoms with Gasteiger partial charge in [0.05, 0.1) is 22.6 Å². The number of ether oxygens (including phenoxy) is 1. The van der Waals surface area contributed by atoms with E-state index in [1.54, 1.807) is 0 Å². The van der Waals surface area contributed by atoms with E-state index in [1.165, 1.54) is 101 Å². The quantitative estimate of drug-likeness (QED) is 0.149. The molecule has 2 unspecified atom stereocenters. The fourth-order valence-corrected chi connectivity index (χ4v) is 12.1. The van der Waals surface area contributed by atoms with Gasteiger partial charge in [-0.1, -0.05) is 195 Å². The van der Waals surface area contributed by atoms with Crippen molar-refractivity contribution in [2.75, 3.05) is 9.80 Å². The number of anilines is 3. The molecule has 0 amide bonds. The molecule has 0 saturated carbocycles. The van der Waals surface area contributed by atoms with Gasteiger partial charge in [-0.05, 0) is 110 Å². The lowest BCUT2D eigenvalue weighted by Gasteiger charge is -2.49. The summed E-state index contributed by atoms with van der Waals surface area (Å²) in [5.74, 6) is 0.421. The molecule has 9 aromatic rings. The molecule has 0 bridgehead atoms. The average molecular weight is 923 g/mol. The first-order valence-corrected chi connectivity index (χ1v) is 25.5. The van der Waals surface area contributed by atoms with Crippen LogP contribution in [0, 0.1) is 5.92 Å². The smallest absolute Gasteiger partial charge is 0.410 e. The molecule has 8 aromatic carbocycles. The van der Waals surface area contributed by atoms with Crippen LogP contribution in [0.15, 0.2) is 194 Å². The van der Waals surface area contributed by atoms with Crippen LogP contribution in [0.4, 0.5) is 17.1 Å². The van der Waals surface area contributed by atoms with Crippen molar-refractivity contribution in [3.8, 4) is 72.6 Å². The van der Waals surface area contributed by atoms with Crippen molar-refractivity contribution in [2.45, 2.75) is 84.7 Å². The van der Waals surface area contributed by atoms with E-state index < -0.39 is 5.85 Å². The molecular weight excluding hydrogens is 863 g/mol. The molecule has 1 spiro atoms. The van der Waals surface area contributed by atoms with E-state index in [-0.39, 0.29) is 17.0 Å². The lowest BCUT2D eigenvalue weighted by Crippen LogP contribution is -2.71. The fraction of sp³-hybridized carbons (Fsp3) is 0.209. The summed E-state index contributed by atoms with van der Waals surface area (Å²) in [6.45, 7) is 18.7. The summed E-state index contributed by atoms with van der Waals surface area (Å²) in [5.41, 5.74) is 23.8. The second-order valence-corrected chi connectivity index (χ2v) is 22.7. The summed E-state index contributed by atoms with van der Waals surface area (Å²) in [4.78, 5) is 5.35. The Morgan fingerprint density at radius 1 is 0.521 bits per heavy atom. The zero-order valence-electron chi connectivity index (χ0n) is 42.1. The van der Waals surface area contributed by atoms with Crippen molar-refractivity contribution in [2.24, 2.45) is 5.92 Å². The van der Waals surface area contributed by atoms with Gasteiger partial charge in [-0.25, -0.2) is 4.90 Å². The third-order valence-electron chi connectivity index (χ3n) is 15.4. The minimum atomic E-state index is -1.08. The average Bonchev–Trinajstić information content (AvgIpc) is 3.87. The zero-order valence-corrected chi connectivity index (χ0v) is 42.1. The predicted octanol–water partition coefficient (Wildman–Crippen LogP) is 16.8. The Labute approximate surface area is 419 Å². The van der Waals surface area contributed by atoms with Crippen LogP contribution in [-0.4, -0.2) is 0 Å². The summed E-state index contributed by atoms with van der Waals surface area (Å²) >= 11 is 0. The molecule has 5 heterocycles. The van der Waals surface area contributed by atoms with Crippen LogP contribution in [0.5, 0.6) is 5.75 Å². The second-order valence-electron chi connectivity index (χ2n) is 22.7. The van der Waals surface area contributed by atoms with Gasteiger partial charge in [0.2, 0.25) is 5.69 Å². The number of hydrogen-bond donors (Lipinski definition) is 0. The number of benzene rings is 8. The van der Waals surface area contributed by atoms with Gasteiger partial charge in [-0.2, -0.15) is 0 Å². The maximum Gasteiger partial charge on any atom is 0.432 e. The summed E-state index contributed by atoms with van der Waals surface area (Å²) in [7, 11) is 0. The van der Waals surface area contributed by atoms with Crippen LogP contribution in [-0.2, 0) is 23.1 Å². The predicted molar refractivity (Wildman–Crippen MR) is 293 cm³/mol. The lowest BCUT2D eigenvalue weighted by molar-refractivity contribution is -0.774. The fourth-order valence-electron chi connectivity index (χ4n) is 12.1. The van der Waals surface area contributed by atoms with Crippen molar-refractivity contribution >= 4 is 17.1 Å². The summed E-state index contributed by atoms with van der Waals surface area (Å²) in [5, 5.41) is 0. The number of nitrogens with zero attached hydrogens (tertiary/aromatic N) is 3. The number of aromatic nitrogens is 1. The van der Waals surface area contributed by atoms with E-state index in [9.17, 15) is 0 Å². The molecule has 4 nitrogen and oxygen atoms in total. The second kappa shape index (κ2) is 15.7. The lowest BCUT2D eigenvalue weighted by atomic mass is 9.77. The van der Waals surface area contributed by atoms with Gasteiger partial charge < -0.3 is 9.64 Å². The van der Waals surface area contributed by atoms with Gasteiger partial charge in [-0.15, -0.1) is 4.57 Å². The number of rotatable bonds is 7. The maximum absolute atomic E-state index is 8.24. The van der Waals surface area contributed by atoms with Gasteiger partial charge in [0, 0.05) is 39.9 Å². The van der Waals surface area contributed by atoms with Crippen LogP contribution in [0.1, 0.15) is 89.4 Å². The first-order chi connectivity index (χ1) is 34.3. The molecule has 0 fully saturated rings. The van der Waals surface area contributed by atoms with Gasteiger partial charge in [0.15, 0.2) is 6.20 Å². The van der Waals surface area contributed by atoms with Crippen molar-refractivity contribution in [1.82, 2.24) is 0 Å². The minimum Gasteiger partial charge on any atom is -0.410 e. The van der Waals surface area contributed by atoms with Gasteiger partial charge in [0.25, 0.3) is 0 Å². The highest BCUT2D eigenvalue weighted by atomic mass is 16.5. The van der Waals surface area contributed by atoms with Gasteiger partial charge >= 0.3 is 5.85 Å². The molecule has 1 aromatic heterocycles. The molecule has 2 atom stereocenters.